The van der Waals surface area contributed by atoms with E-state index in [2.05, 4.69) is 0 Å². The van der Waals surface area contributed by atoms with Crippen molar-refractivity contribution in [1.29, 1.82) is 0 Å². The van der Waals surface area contributed by atoms with Gasteiger partial charge in [0.25, 0.3) is 0 Å². The van der Waals surface area contributed by atoms with Gasteiger partial charge in [0, 0.05) is 6.54 Å². The van der Waals surface area contributed by atoms with E-state index in [-0.39, 0.29) is 19.4 Å². The lowest BCUT2D eigenvalue weighted by Gasteiger charge is -2.38. The van der Waals surface area contributed by atoms with Crippen LogP contribution in [-0.4, -0.2) is 37.7 Å². The molecule has 1 heterocycles. The first-order valence-corrected chi connectivity index (χ1v) is 14.4. The topological polar surface area (TPSA) is 57.2 Å². The molecule has 1 unspecified atom stereocenters. The van der Waals surface area contributed by atoms with Gasteiger partial charge in [-0.05, 0) is 71.3 Å². The molecule has 0 aromatic heterocycles. The lowest BCUT2D eigenvalue weighted by molar-refractivity contribution is -0.188. The fraction of sp³-hybridized carbons (Fsp3) is 0.286. The molecule has 0 aliphatic carbocycles. The third kappa shape index (κ3) is 7.27. The van der Waals surface area contributed by atoms with E-state index in [1.165, 1.54) is 7.11 Å². The number of methoxy groups -OCH3 is 2. The van der Waals surface area contributed by atoms with Crippen LogP contribution in [-0.2, 0) is 30.8 Å². The fourth-order valence-electron chi connectivity index (χ4n) is 5.46. The van der Waals surface area contributed by atoms with Gasteiger partial charge in [-0.15, -0.1) is 0 Å². The van der Waals surface area contributed by atoms with Gasteiger partial charge in [0.15, 0.2) is 23.0 Å². The Balaban J connectivity index is 1.40. The van der Waals surface area contributed by atoms with Crippen LogP contribution in [0.3, 0.4) is 0 Å². The highest BCUT2D eigenvalue weighted by atomic mass is 19.4. The second-order valence-corrected chi connectivity index (χ2v) is 10.5. The van der Waals surface area contributed by atoms with Crippen molar-refractivity contribution in [2.45, 2.75) is 44.7 Å². The summed E-state index contributed by atoms with van der Waals surface area (Å²) in [5.74, 6) is 0.127. The van der Waals surface area contributed by atoms with Crippen molar-refractivity contribution in [3.8, 4) is 23.0 Å². The molecule has 1 amide bonds. The molecule has 0 fully saturated rings. The standard InChI is InChI=1S/C35H34F3NO5/c1-41-30-16-14-24(19-32(30)43-22-25-9-5-3-6-10-25)13-15-29-28-21-31(42-2)33(44-23-26-11-7-4-8-12-26)20-27(28)17-18-39(29)34(40)35(36,37)38/h3-12,14,16,19-21,29H,13,15,17-18,22-23H2,1-2H3. The van der Waals surface area contributed by atoms with Crippen LogP contribution in [0.4, 0.5) is 13.2 Å². The number of hydrogen-bond donors (Lipinski definition) is 0. The summed E-state index contributed by atoms with van der Waals surface area (Å²) in [7, 11) is 3.04. The predicted molar refractivity (Wildman–Crippen MR) is 160 cm³/mol. The molecule has 1 aliphatic rings. The van der Waals surface area contributed by atoms with Crippen LogP contribution >= 0.6 is 0 Å². The van der Waals surface area contributed by atoms with Crippen LogP contribution in [0.15, 0.2) is 91.0 Å². The van der Waals surface area contributed by atoms with E-state index in [1.807, 2.05) is 78.9 Å². The fourth-order valence-corrected chi connectivity index (χ4v) is 5.46. The Morgan fingerprint density at radius 2 is 1.34 bits per heavy atom. The van der Waals surface area contributed by atoms with Crippen LogP contribution in [0.1, 0.15) is 40.3 Å². The molecule has 0 radical (unpaired) electrons. The molecule has 230 valence electrons. The minimum absolute atomic E-state index is 0.0610. The number of halogens is 3. The Labute approximate surface area is 254 Å². The molecule has 0 saturated carbocycles. The van der Waals surface area contributed by atoms with Gasteiger partial charge >= 0.3 is 12.1 Å². The minimum atomic E-state index is -4.99. The first-order chi connectivity index (χ1) is 21.3. The number of rotatable bonds is 11. The maximum absolute atomic E-state index is 13.7. The summed E-state index contributed by atoms with van der Waals surface area (Å²) < 4.78 is 64.3. The highest BCUT2D eigenvalue weighted by Crippen LogP contribution is 2.42. The average molecular weight is 606 g/mol. The number of carbonyl (C=O) groups is 1. The lowest BCUT2D eigenvalue weighted by Crippen LogP contribution is -2.46. The average Bonchev–Trinajstić information content (AvgIpc) is 3.05. The number of carbonyl (C=O) groups excluding carboxylic acids is 1. The van der Waals surface area contributed by atoms with E-state index in [0.717, 1.165) is 27.2 Å². The Hall–Kier alpha value is -4.66. The summed E-state index contributed by atoms with van der Waals surface area (Å²) in [6.45, 7) is 0.581. The van der Waals surface area contributed by atoms with Crippen molar-refractivity contribution < 1.29 is 36.9 Å². The van der Waals surface area contributed by atoms with Crippen molar-refractivity contribution in [2.75, 3.05) is 20.8 Å². The molecule has 1 atom stereocenters. The van der Waals surface area contributed by atoms with Gasteiger partial charge in [-0.25, -0.2) is 0 Å². The highest BCUT2D eigenvalue weighted by molar-refractivity contribution is 5.82. The third-order valence-corrected chi connectivity index (χ3v) is 7.69. The van der Waals surface area contributed by atoms with Gasteiger partial charge in [-0.2, -0.15) is 13.2 Å². The van der Waals surface area contributed by atoms with E-state index in [0.29, 0.717) is 48.2 Å². The molecule has 0 saturated heterocycles. The molecule has 5 rings (SSSR count). The maximum Gasteiger partial charge on any atom is 0.471 e. The summed E-state index contributed by atoms with van der Waals surface area (Å²) in [6, 6.07) is 27.5. The highest BCUT2D eigenvalue weighted by Gasteiger charge is 2.46. The van der Waals surface area contributed by atoms with Crippen LogP contribution in [0.2, 0.25) is 0 Å². The van der Waals surface area contributed by atoms with Crippen molar-refractivity contribution in [1.82, 2.24) is 4.90 Å². The van der Waals surface area contributed by atoms with Crippen molar-refractivity contribution in [3.05, 3.63) is 119 Å². The minimum Gasteiger partial charge on any atom is -0.493 e. The molecule has 0 spiro atoms. The van der Waals surface area contributed by atoms with Gasteiger partial charge in [-0.3, -0.25) is 4.79 Å². The first-order valence-electron chi connectivity index (χ1n) is 14.4. The SMILES string of the molecule is COc1ccc(CCC2c3cc(OC)c(OCc4ccccc4)cc3CCN2C(=O)C(F)(F)F)cc1OCc1ccccc1. The number of benzene rings is 4. The Kier molecular flexibility index (Phi) is 9.62. The van der Waals surface area contributed by atoms with Gasteiger partial charge in [0.1, 0.15) is 13.2 Å². The van der Waals surface area contributed by atoms with Crippen LogP contribution in [0.25, 0.3) is 0 Å². The van der Waals surface area contributed by atoms with Gasteiger partial charge in [-0.1, -0.05) is 66.7 Å². The monoisotopic (exact) mass is 605 g/mol. The number of fused-ring (bicyclic) bond motifs is 1. The molecule has 4 aromatic rings. The summed E-state index contributed by atoms with van der Waals surface area (Å²) in [5.41, 5.74) is 4.24. The second kappa shape index (κ2) is 13.8. The molecular weight excluding hydrogens is 571 g/mol. The molecule has 6 nitrogen and oxygen atoms in total. The zero-order valence-corrected chi connectivity index (χ0v) is 24.6. The Morgan fingerprint density at radius 1 is 0.750 bits per heavy atom. The quantitative estimate of drug-likeness (QED) is 0.177. The molecule has 0 N–H and O–H groups in total. The lowest BCUT2D eigenvalue weighted by atomic mass is 9.88. The van der Waals surface area contributed by atoms with E-state index in [1.54, 1.807) is 19.2 Å². The number of amides is 1. The van der Waals surface area contributed by atoms with Gasteiger partial charge in [0.05, 0.1) is 20.3 Å². The normalized spacial score (nSPS) is 14.5. The van der Waals surface area contributed by atoms with Crippen molar-refractivity contribution >= 4 is 5.91 Å². The number of aryl methyl sites for hydroxylation is 1. The zero-order valence-electron chi connectivity index (χ0n) is 24.6. The van der Waals surface area contributed by atoms with E-state index in [9.17, 15) is 18.0 Å². The molecule has 4 aromatic carbocycles. The van der Waals surface area contributed by atoms with E-state index >= 15 is 0 Å². The van der Waals surface area contributed by atoms with Gasteiger partial charge < -0.3 is 23.8 Å². The van der Waals surface area contributed by atoms with Crippen molar-refractivity contribution in [2.24, 2.45) is 0 Å². The molecular formula is C35H34F3NO5. The van der Waals surface area contributed by atoms with Crippen LogP contribution in [0.5, 0.6) is 23.0 Å². The van der Waals surface area contributed by atoms with Crippen molar-refractivity contribution in [3.63, 3.8) is 0 Å². The summed E-state index contributed by atoms with van der Waals surface area (Å²) in [4.78, 5) is 13.5. The summed E-state index contributed by atoms with van der Waals surface area (Å²) in [5, 5.41) is 0. The number of hydrogen-bond acceptors (Lipinski definition) is 5. The van der Waals surface area contributed by atoms with E-state index < -0.39 is 18.1 Å². The molecule has 9 heteroatoms. The van der Waals surface area contributed by atoms with Crippen LogP contribution in [0, 0.1) is 0 Å². The molecule has 0 bridgehead atoms. The zero-order chi connectivity index (χ0) is 31.1. The Bertz CT molecular complexity index is 1560. The van der Waals surface area contributed by atoms with Crippen LogP contribution < -0.4 is 18.9 Å². The largest absolute Gasteiger partial charge is 0.493 e. The summed E-state index contributed by atoms with van der Waals surface area (Å²) in [6.07, 6.45) is -4.07. The maximum atomic E-state index is 13.7. The molecule has 1 aliphatic heterocycles. The number of nitrogens with zero attached hydrogens (tertiary/aromatic N) is 1. The Morgan fingerprint density at radius 3 is 1.91 bits per heavy atom. The summed E-state index contributed by atoms with van der Waals surface area (Å²) >= 11 is 0. The second-order valence-electron chi connectivity index (χ2n) is 10.5. The number of alkyl halides is 3. The molecule has 44 heavy (non-hydrogen) atoms. The van der Waals surface area contributed by atoms with E-state index in [4.69, 9.17) is 18.9 Å². The van der Waals surface area contributed by atoms with Gasteiger partial charge in [0.2, 0.25) is 0 Å². The number of ether oxygens (including phenoxy) is 4. The third-order valence-electron chi connectivity index (χ3n) is 7.69. The smallest absolute Gasteiger partial charge is 0.471 e. The first kappa shape index (κ1) is 30.8. The predicted octanol–water partition coefficient (Wildman–Crippen LogP) is 7.48.